The second kappa shape index (κ2) is 8.39. The highest BCUT2D eigenvalue weighted by Gasteiger charge is 2.65. The Morgan fingerprint density at radius 2 is 1.32 bits per heavy atom. The average molecular weight is 426 g/mol. The summed E-state index contributed by atoms with van der Waals surface area (Å²) in [5.41, 5.74) is 1.37. The maximum Gasteiger partial charge on any atom is 0.338 e. The molecule has 2 aromatic rings. The summed E-state index contributed by atoms with van der Waals surface area (Å²) >= 11 is 0. The third-order valence-electron chi connectivity index (χ3n) is 5.59. The standard InChI is InChI=1S/C23H22O8/c1-13(24)27-19-17-16(26-12-14-8-4-2-5-9-14)18-20(21(19)31-23(29-17)30-18)28-22(25)15-10-6-3-7-11-15/h2-11,16-21,23H,12H2,1H3/t16-,17-,18+,19+,20+,21-,23?/m0/s1. The summed E-state index contributed by atoms with van der Waals surface area (Å²) in [7, 11) is 0. The first-order valence-electron chi connectivity index (χ1n) is 10.2. The quantitative estimate of drug-likeness (QED) is 0.650. The van der Waals surface area contributed by atoms with Crippen LogP contribution >= 0.6 is 0 Å². The second-order valence-electron chi connectivity index (χ2n) is 7.66. The van der Waals surface area contributed by atoms with Gasteiger partial charge >= 0.3 is 11.9 Å². The fourth-order valence-corrected chi connectivity index (χ4v) is 4.25. The molecule has 3 heterocycles. The van der Waals surface area contributed by atoms with Crippen LogP contribution in [0.25, 0.3) is 0 Å². The highest BCUT2D eigenvalue weighted by molar-refractivity contribution is 5.89. The molecule has 31 heavy (non-hydrogen) atoms. The molecule has 1 aliphatic carbocycles. The lowest BCUT2D eigenvalue weighted by molar-refractivity contribution is -0.482. The summed E-state index contributed by atoms with van der Waals surface area (Å²) in [5.74, 6) is -1.00. The third kappa shape index (κ3) is 3.95. The lowest BCUT2D eigenvalue weighted by Gasteiger charge is -2.57. The molecular formula is C23H22O8. The fourth-order valence-electron chi connectivity index (χ4n) is 4.25. The van der Waals surface area contributed by atoms with Gasteiger partial charge in [0.2, 0.25) is 0 Å². The third-order valence-corrected chi connectivity index (χ3v) is 5.59. The molecule has 4 aliphatic rings. The van der Waals surface area contributed by atoms with Crippen molar-refractivity contribution in [3.63, 3.8) is 0 Å². The van der Waals surface area contributed by atoms with E-state index in [0.29, 0.717) is 12.2 Å². The van der Waals surface area contributed by atoms with Crippen molar-refractivity contribution in [3.05, 3.63) is 71.8 Å². The maximum absolute atomic E-state index is 12.7. The lowest BCUT2D eigenvalue weighted by atomic mass is 9.82. The van der Waals surface area contributed by atoms with Crippen LogP contribution in [0.3, 0.4) is 0 Å². The molecule has 0 radical (unpaired) electrons. The van der Waals surface area contributed by atoms with Crippen LogP contribution in [-0.2, 0) is 39.8 Å². The van der Waals surface area contributed by atoms with Crippen molar-refractivity contribution in [3.8, 4) is 0 Å². The molecule has 3 aliphatic heterocycles. The topological polar surface area (TPSA) is 89.5 Å². The fraction of sp³-hybridized carbons (Fsp3) is 0.391. The van der Waals surface area contributed by atoms with E-state index in [9.17, 15) is 9.59 Å². The van der Waals surface area contributed by atoms with Gasteiger partial charge in [-0.1, -0.05) is 48.5 Å². The SMILES string of the molecule is CC(=O)O[C@@H]1[C@H]2OC3O[C@H]([C@H]2OCc2ccccc2)[C@@H](OC(=O)c2ccccc2)[C@H]1O3. The molecule has 3 saturated heterocycles. The van der Waals surface area contributed by atoms with Gasteiger partial charge in [0.05, 0.1) is 12.2 Å². The van der Waals surface area contributed by atoms with Crippen LogP contribution in [-0.4, -0.2) is 55.0 Å². The average Bonchev–Trinajstić information content (AvgIpc) is 2.78. The van der Waals surface area contributed by atoms with Gasteiger partial charge in [-0.3, -0.25) is 4.79 Å². The van der Waals surface area contributed by atoms with E-state index in [-0.39, 0.29) is 0 Å². The first-order chi connectivity index (χ1) is 15.1. The summed E-state index contributed by atoms with van der Waals surface area (Å²) in [4.78, 5) is 24.5. The zero-order valence-corrected chi connectivity index (χ0v) is 16.8. The van der Waals surface area contributed by atoms with Crippen molar-refractivity contribution in [1.29, 1.82) is 0 Å². The van der Waals surface area contributed by atoms with E-state index in [2.05, 4.69) is 0 Å². The summed E-state index contributed by atoms with van der Waals surface area (Å²) in [5, 5.41) is 0. The van der Waals surface area contributed by atoms with Gasteiger partial charge in [0.25, 0.3) is 6.48 Å². The van der Waals surface area contributed by atoms with Crippen LogP contribution in [0.15, 0.2) is 60.7 Å². The molecule has 0 N–H and O–H groups in total. The van der Waals surface area contributed by atoms with Crippen LogP contribution in [0.1, 0.15) is 22.8 Å². The molecule has 162 valence electrons. The van der Waals surface area contributed by atoms with Gasteiger partial charge in [0.1, 0.15) is 24.4 Å². The zero-order valence-electron chi connectivity index (χ0n) is 16.8. The highest BCUT2D eigenvalue weighted by Crippen LogP contribution is 2.44. The Morgan fingerprint density at radius 3 is 1.94 bits per heavy atom. The van der Waals surface area contributed by atoms with Gasteiger partial charge in [-0.25, -0.2) is 4.79 Å². The van der Waals surface area contributed by atoms with E-state index < -0.39 is 55.0 Å². The molecule has 4 fully saturated rings. The van der Waals surface area contributed by atoms with Crippen molar-refractivity contribution >= 4 is 11.9 Å². The highest BCUT2D eigenvalue weighted by atomic mass is 16.9. The van der Waals surface area contributed by atoms with E-state index in [1.54, 1.807) is 24.3 Å². The monoisotopic (exact) mass is 426 g/mol. The van der Waals surface area contributed by atoms with E-state index in [0.717, 1.165) is 5.56 Å². The van der Waals surface area contributed by atoms with E-state index in [4.69, 9.17) is 28.4 Å². The Balaban J connectivity index is 1.40. The van der Waals surface area contributed by atoms with E-state index >= 15 is 0 Å². The minimum Gasteiger partial charge on any atom is -0.457 e. The number of hydrogen-bond donors (Lipinski definition) is 0. The number of ether oxygens (including phenoxy) is 6. The largest absolute Gasteiger partial charge is 0.457 e. The van der Waals surface area contributed by atoms with Gasteiger partial charge in [-0.2, -0.15) is 0 Å². The molecule has 1 unspecified atom stereocenters. The van der Waals surface area contributed by atoms with Crippen LogP contribution in [0.5, 0.6) is 0 Å². The molecule has 6 rings (SSSR count). The first kappa shape index (κ1) is 20.1. The normalized spacial score (nSPS) is 33.1. The molecule has 0 spiro atoms. The van der Waals surface area contributed by atoms with Crippen molar-refractivity contribution in [2.24, 2.45) is 0 Å². The predicted molar refractivity (Wildman–Crippen MR) is 105 cm³/mol. The maximum atomic E-state index is 12.7. The number of esters is 2. The van der Waals surface area contributed by atoms with Crippen molar-refractivity contribution < 1.29 is 38.0 Å². The number of hydrogen-bond acceptors (Lipinski definition) is 8. The molecule has 8 nitrogen and oxygen atoms in total. The van der Waals surface area contributed by atoms with Gasteiger partial charge < -0.3 is 28.4 Å². The molecule has 1 saturated carbocycles. The summed E-state index contributed by atoms with van der Waals surface area (Å²) in [6.07, 6.45) is -4.16. The Kier molecular flexibility index (Phi) is 5.45. The Bertz CT molecular complexity index is 933. The molecule has 2 aromatic carbocycles. The van der Waals surface area contributed by atoms with Gasteiger partial charge in [-0.05, 0) is 17.7 Å². The molecule has 4 bridgehead atoms. The summed E-state index contributed by atoms with van der Waals surface area (Å²) < 4.78 is 34.8. The zero-order chi connectivity index (χ0) is 21.4. The smallest absolute Gasteiger partial charge is 0.338 e. The van der Waals surface area contributed by atoms with Crippen molar-refractivity contribution in [2.45, 2.75) is 56.6 Å². The van der Waals surface area contributed by atoms with Gasteiger partial charge in [-0.15, -0.1) is 0 Å². The molecular weight excluding hydrogens is 404 g/mol. The number of rotatable bonds is 6. The molecule has 0 aromatic heterocycles. The van der Waals surface area contributed by atoms with E-state index in [1.807, 2.05) is 36.4 Å². The Hall–Kier alpha value is -2.78. The van der Waals surface area contributed by atoms with Crippen LogP contribution in [0.4, 0.5) is 0 Å². The van der Waals surface area contributed by atoms with E-state index in [1.165, 1.54) is 6.92 Å². The lowest BCUT2D eigenvalue weighted by Crippen LogP contribution is -2.76. The van der Waals surface area contributed by atoms with Gasteiger partial charge in [0, 0.05) is 6.92 Å². The van der Waals surface area contributed by atoms with Crippen molar-refractivity contribution in [2.75, 3.05) is 0 Å². The second-order valence-corrected chi connectivity index (χ2v) is 7.66. The first-order valence-corrected chi connectivity index (χ1v) is 10.2. The molecule has 8 heteroatoms. The Labute approximate surface area is 178 Å². The Morgan fingerprint density at radius 1 is 0.774 bits per heavy atom. The number of benzene rings is 2. The van der Waals surface area contributed by atoms with Crippen LogP contribution < -0.4 is 0 Å². The predicted octanol–water partition coefficient (Wildman–Crippen LogP) is 2.21. The number of carbonyl (C=O) groups excluding carboxylic acids is 2. The summed E-state index contributed by atoms with van der Waals surface area (Å²) in [6.45, 7) is 0.690. The number of carbonyl (C=O) groups is 2. The van der Waals surface area contributed by atoms with Gasteiger partial charge in [0.15, 0.2) is 12.2 Å². The van der Waals surface area contributed by atoms with Crippen molar-refractivity contribution in [1.82, 2.24) is 0 Å². The minimum absolute atomic E-state index is 0.299. The van der Waals surface area contributed by atoms with Crippen LogP contribution in [0.2, 0.25) is 0 Å². The summed E-state index contributed by atoms with van der Waals surface area (Å²) in [6, 6.07) is 18.3. The molecule has 0 amide bonds. The molecule has 7 atom stereocenters. The minimum atomic E-state index is -0.921. The van der Waals surface area contributed by atoms with Crippen LogP contribution in [0, 0.1) is 0 Å².